The quantitative estimate of drug-likeness (QED) is 0.760. The number of hydrogen-bond donors (Lipinski definition) is 1. The Morgan fingerprint density at radius 3 is 2.93 bits per heavy atom. The summed E-state index contributed by atoms with van der Waals surface area (Å²) in [5, 5.41) is 0. The zero-order valence-corrected chi connectivity index (χ0v) is 9.50. The van der Waals surface area contributed by atoms with E-state index in [1.54, 1.807) is 5.54 Å². The highest BCUT2D eigenvalue weighted by Crippen LogP contribution is 2.37. The van der Waals surface area contributed by atoms with Crippen molar-refractivity contribution in [1.82, 2.24) is 4.90 Å². The first-order chi connectivity index (χ1) is 6.70. The molecule has 3 unspecified atom stereocenters. The Morgan fingerprint density at radius 2 is 2.29 bits per heavy atom. The lowest BCUT2D eigenvalue weighted by Gasteiger charge is -2.18. The molecule has 1 aliphatic carbocycles. The minimum Gasteiger partial charge on any atom is -0.327 e. The molecule has 0 aromatic carbocycles. The fraction of sp³-hybridized carbons (Fsp3) is 0.818. The van der Waals surface area contributed by atoms with Crippen molar-refractivity contribution in [2.45, 2.75) is 25.8 Å². The third-order valence-corrected chi connectivity index (χ3v) is 4.02. The second-order valence-electron chi connectivity index (χ2n) is 4.81. The van der Waals surface area contributed by atoms with Gasteiger partial charge in [-0.25, -0.2) is 0 Å². The molecule has 1 saturated heterocycles. The van der Waals surface area contributed by atoms with E-state index in [4.69, 9.17) is 17.3 Å². The van der Waals surface area contributed by atoms with Crippen molar-refractivity contribution in [2.75, 3.05) is 19.6 Å². The summed E-state index contributed by atoms with van der Waals surface area (Å²) >= 11 is 5.67. The van der Waals surface area contributed by atoms with Crippen LogP contribution in [0, 0.1) is 11.8 Å². The first kappa shape index (κ1) is 10.5. The molecule has 0 radical (unpaired) electrons. The zero-order valence-electron chi connectivity index (χ0n) is 8.75. The summed E-state index contributed by atoms with van der Waals surface area (Å²) in [6, 6.07) is 0.449. The molecule has 0 spiro atoms. The van der Waals surface area contributed by atoms with Crippen LogP contribution in [0.3, 0.4) is 0 Å². The lowest BCUT2D eigenvalue weighted by molar-refractivity contribution is 0.330. The Morgan fingerprint density at radius 1 is 1.50 bits per heavy atom. The van der Waals surface area contributed by atoms with Crippen LogP contribution in [-0.4, -0.2) is 30.6 Å². The summed E-state index contributed by atoms with van der Waals surface area (Å²) in [5.41, 5.74) is 9.02. The van der Waals surface area contributed by atoms with Gasteiger partial charge in [0, 0.05) is 31.2 Å². The Balaban J connectivity index is 1.89. The van der Waals surface area contributed by atoms with Crippen LogP contribution in [0.15, 0.2) is 11.1 Å². The van der Waals surface area contributed by atoms with E-state index in [0.29, 0.717) is 6.04 Å². The van der Waals surface area contributed by atoms with Gasteiger partial charge in [-0.1, -0.05) is 11.6 Å². The molecule has 1 heterocycles. The Hall–Kier alpha value is -0.0500. The number of hydrogen-bond acceptors (Lipinski definition) is 2. The molecule has 3 atom stereocenters. The van der Waals surface area contributed by atoms with E-state index in [9.17, 15) is 0 Å². The highest BCUT2D eigenvalue weighted by Gasteiger charge is 2.40. The summed E-state index contributed by atoms with van der Waals surface area (Å²) in [7, 11) is 0. The summed E-state index contributed by atoms with van der Waals surface area (Å²) < 4.78 is 0. The largest absolute Gasteiger partial charge is 0.327 e. The summed E-state index contributed by atoms with van der Waals surface area (Å²) in [6.45, 7) is 5.50. The van der Waals surface area contributed by atoms with Crippen LogP contribution in [0.1, 0.15) is 19.8 Å². The zero-order chi connectivity index (χ0) is 10.1. The SMILES string of the molecule is C/C(=C\Cl)CN1CC2CCC(N)C2C1. The smallest absolute Gasteiger partial charge is 0.0202 e. The summed E-state index contributed by atoms with van der Waals surface area (Å²) in [4.78, 5) is 2.49. The van der Waals surface area contributed by atoms with Crippen molar-refractivity contribution in [1.29, 1.82) is 0 Å². The topological polar surface area (TPSA) is 29.3 Å². The molecule has 0 aromatic heterocycles. The minimum atomic E-state index is 0.449. The van der Waals surface area contributed by atoms with E-state index >= 15 is 0 Å². The number of likely N-dealkylation sites (tertiary alicyclic amines) is 1. The van der Waals surface area contributed by atoms with Crippen molar-refractivity contribution in [2.24, 2.45) is 17.6 Å². The van der Waals surface area contributed by atoms with Gasteiger partial charge < -0.3 is 5.73 Å². The summed E-state index contributed by atoms with van der Waals surface area (Å²) in [5.74, 6) is 1.60. The lowest BCUT2D eigenvalue weighted by atomic mass is 9.98. The lowest BCUT2D eigenvalue weighted by Crippen LogP contribution is -2.30. The van der Waals surface area contributed by atoms with E-state index in [1.165, 1.54) is 31.5 Å². The molecule has 0 amide bonds. The fourth-order valence-corrected chi connectivity index (χ4v) is 2.99. The molecule has 0 bridgehead atoms. The van der Waals surface area contributed by atoms with Gasteiger partial charge in [0.05, 0.1) is 0 Å². The molecule has 14 heavy (non-hydrogen) atoms. The average Bonchev–Trinajstić information content (AvgIpc) is 2.69. The molecule has 3 heteroatoms. The van der Waals surface area contributed by atoms with Crippen LogP contribution >= 0.6 is 11.6 Å². The molecule has 1 saturated carbocycles. The van der Waals surface area contributed by atoms with Crippen molar-refractivity contribution in [3.63, 3.8) is 0 Å². The van der Waals surface area contributed by atoms with Gasteiger partial charge in [0.2, 0.25) is 0 Å². The molecule has 2 aliphatic rings. The Kier molecular flexibility index (Phi) is 3.15. The predicted octanol–water partition coefficient (Wildman–Crippen LogP) is 1.80. The second-order valence-corrected chi connectivity index (χ2v) is 5.03. The molecular formula is C11H19ClN2. The van der Waals surface area contributed by atoms with E-state index in [0.717, 1.165) is 18.4 Å². The number of nitrogens with two attached hydrogens (primary N) is 1. The van der Waals surface area contributed by atoms with E-state index < -0.39 is 0 Å². The molecule has 2 N–H and O–H groups in total. The van der Waals surface area contributed by atoms with Gasteiger partial charge in [0.25, 0.3) is 0 Å². The van der Waals surface area contributed by atoms with Gasteiger partial charge in [-0.05, 0) is 37.2 Å². The molecule has 80 valence electrons. The molecular weight excluding hydrogens is 196 g/mol. The Bertz CT molecular complexity index is 239. The van der Waals surface area contributed by atoms with Gasteiger partial charge in [-0.2, -0.15) is 0 Å². The number of halogens is 1. The van der Waals surface area contributed by atoms with Crippen molar-refractivity contribution < 1.29 is 0 Å². The first-order valence-corrected chi connectivity index (χ1v) is 5.88. The third-order valence-electron chi connectivity index (χ3n) is 3.65. The normalized spacial score (nSPS) is 39.1. The third kappa shape index (κ3) is 1.97. The summed E-state index contributed by atoms with van der Waals surface area (Å²) in [6.07, 6.45) is 2.56. The van der Waals surface area contributed by atoms with Crippen LogP contribution in [-0.2, 0) is 0 Å². The van der Waals surface area contributed by atoms with Crippen LogP contribution in [0.2, 0.25) is 0 Å². The van der Waals surface area contributed by atoms with Gasteiger partial charge in [0.15, 0.2) is 0 Å². The first-order valence-electron chi connectivity index (χ1n) is 5.44. The molecule has 2 rings (SSSR count). The van der Waals surface area contributed by atoms with E-state index in [2.05, 4.69) is 11.8 Å². The predicted molar refractivity (Wildman–Crippen MR) is 60.2 cm³/mol. The fourth-order valence-electron chi connectivity index (χ4n) is 2.92. The van der Waals surface area contributed by atoms with Crippen molar-refractivity contribution in [3.8, 4) is 0 Å². The van der Waals surface area contributed by atoms with Gasteiger partial charge in [0.1, 0.15) is 0 Å². The van der Waals surface area contributed by atoms with Gasteiger partial charge in [-0.3, -0.25) is 4.90 Å². The van der Waals surface area contributed by atoms with Crippen LogP contribution < -0.4 is 5.73 Å². The highest BCUT2D eigenvalue weighted by molar-refractivity contribution is 6.25. The number of nitrogens with zero attached hydrogens (tertiary/aromatic N) is 1. The minimum absolute atomic E-state index is 0.449. The average molecular weight is 215 g/mol. The van der Waals surface area contributed by atoms with Crippen molar-refractivity contribution >= 4 is 11.6 Å². The van der Waals surface area contributed by atoms with Crippen LogP contribution in [0.4, 0.5) is 0 Å². The highest BCUT2D eigenvalue weighted by atomic mass is 35.5. The van der Waals surface area contributed by atoms with Crippen LogP contribution in [0.25, 0.3) is 0 Å². The molecule has 2 fully saturated rings. The monoisotopic (exact) mass is 214 g/mol. The van der Waals surface area contributed by atoms with Gasteiger partial charge >= 0.3 is 0 Å². The maximum Gasteiger partial charge on any atom is 0.0202 e. The van der Waals surface area contributed by atoms with Crippen LogP contribution in [0.5, 0.6) is 0 Å². The molecule has 0 aromatic rings. The number of rotatable bonds is 2. The van der Waals surface area contributed by atoms with Gasteiger partial charge in [-0.15, -0.1) is 0 Å². The molecule has 1 aliphatic heterocycles. The maximum absolute atomic E-state index is 6.08. The van der Waals surface area contributed by atoms with E-state index in [1.807, 2.05) is 0 Å². The Labute approximate surface area is 91.1 Å². The number of fused-ring (bicyclic) bond motifs is 1. The maximum atomic E-state index is 6.08. The standard InChI is InChI=1S/C11H19ClN2/c1-8(4-12)5-14-6-9-2-3-11(13)10(9)7-14/h4,9-11H,2-3,5-7,13H2,1H3/b8-4+. The second kappa shape index (κ2) is 4.21. The van der Waals surface area contributed by atoms with E-state index in [-0.39, 0.29) is 0 Å². The van der Waals surface area contributed by atoms with Crippen molar-refractivity contribution in [3.05, 3.63) is 11.1 Å². The molecule has 2 nitrogen and oxygen atoms in total.